The number of amides is 2. The number of carbonyl (C=O) groups is 2. The zero-order chi connectivity index (χ0) is 19.7. The topological polar surface area (TPSA) is 49.9 Å². The summed E-state index contributed by atoms with van der Waals surface area (Å²) in [4.78, 5) is 30.4. The van der Waals surface area contributed by atoms with E-state index in [1.165, 1.54) is 24.1 Å². The first-order chi connectivity index (χ1) is 13.6. The van der Waals surface area contributed by atoms with Gasteiger partial charge in [0.05, 0.1) is 6.04 Å². The second-order valence-corrected chi connectivity index (χ2v) is 8.28. The molecule has 0 bridgehead atoms. The highest BCUT2D eigenvalue weighted by atomic mass is 32.1. The van der Waals surface area contributed by atoms with Crippen LogP contribution in [0, 0.1) is 5.82 Å². The Hall–Kier alpha value is -2.25. The zero-order valence-corrected chi connectivity index (χ0v) is 16.6. The molecule has 1 aromatic heterocycles. The zero-order valence-electron chi connectivity index (χ0n) is 15.8. The van der Waals surface area contributed by atoms with Crippen molar-refractivity contribution in [2.45, 2.75) is 31.3 Å². The SMILES string of the molecule is COCC(=O)N(CC(=O)N1CCc2sccc2[C@H]1c1ccc(F)cc1)C1CC1. The molecule has 0 unspecified atom stereocenters. The van der Waals surface area contributed by atoms with Gasteiger partial charge in [0, 0.05) is 24.6 Å². The summed E-state index contributed by atoms with van der Waals surface area (Å²) in [7, 11) is 1.48. The Morgan fingerprint density at radius 2 is 2.00 bits per heavy atom. The minimum absolute atomic E-state index is 0.0140. The van der Waals surface area contributed by atoms with Crippen LogP contribution in [0.3, 0.4) is 0 Å². The Balaban J connectivity index is 1.60. The van der Waals surface area contributed by atoms with Gasteiger partial charge in [0.2, 0.25) is 11.8 Å². The van der Waals surface area contributed by atoms with Crippen molar-refractivity contribution in [2.75, 3.05) is 26.8 Å². The van der Waals surface area contributed by atoms with Crippen LogP contribution >= 0.6 is 11.3 Å². The molecule has 1 saturated carbocycles. The number of carbonyl (C=O) groups excluding carboxylic acids is 2. The van der Waals surface area contributed by atoms with Crippen LogP contribution in [0.15, 0.2) is 35.7 Å². The van der Waals surface area contributed by atoms with Crippen molar-refractivity contribution in [3.63, 3.8) is 0 Å². The Kier molecular flexibility index (Phi) is 5.46. The maximum absolute atomic E-state index is 13.4. The number of rotatable bonds is 6. The lowest BCUT2D eigenvalue weighted by Crippen LogP contribution is -2.48. The van der Waals surface area contributed by atoms with Gasteiger partial charge >= 0.3 is 0 Å². The molecule has 1 fully saturated rings. The summed E-state index contributed by atoms with van der Waals surface area (Å²) in [6.07, 6.45) is 2.66. The maximum atomic E-state index is 13.4. The fourth-order valence-corrected chi connectivity index (χ4v) is 4.74. The first-order valence-corrected chi connectivity index (χ1v) is 10.4. The van der Waals surface area contributed by atoms with Crippen LogP contribution in [-0.4, -0.2) is 54.5 Å². The first-order valence-electron chi connectivity index (χ1n) is 9.48. The summed E-state index contributed by atoms with van der Waals surface area (Å²) in [5.41, 5.74) is 1.98. The lowest BCUT2D eigenvalue weighted by Gasteiger charge is -2.37. The summed E-state index contributed by atoms with van der Waals surface area (Å²) in [6, 6.07) is 8.26. The lowest BCUT2D eigenvalue weighted by molar-refractivity contribution is -0.144. The summed E-state index contributed by atoms with van der Waals surface area (Å²) in [5, 5.41) is 2.04. The average molecular weight is 402 g/mol. The third-order valence-electron chi connectivity index (χ3n) is 5.35. The van der Waals surface area contributed by atoms with E-state index in [2.05, 4.69) is 0 Å². The number of benzene rings is 1. The van der Waals surface area contributed by atoms with Crippen molar-refractivity contribution in [2.24, 2.45) is 0 Å². The number of fused-ring (bicyclic) bond motifs is 1. The summed E-state index contributed by atoms with van der Waals surface area (Å²) >= 11 is 1.69. The van der Waals surface area contributed by atoms with E-state index >= 15 is 0 Å². The lowest BCUT2D eigenvalue weighted by atomic mass is 9.93. The number of nitrogens with zero attached hydrogens (tertiary/aromatic N) is 2. The van der Waals surface area contributed by atoms with Crippen LogP contribution < -0.4 is 0 Å². The van der Waals surface area contributed by atoms with Crippen molar-refractivity contribution >= 4 is 23.2 Å². The molecule has 0 N–H and O–H groups in total. The number of thiophene rings is 1. The van der Waals surface area contributed by atoms with Crippen molar-refractivity contribution < 1.29 is 18.7 Å². The number of methoxy groups -OCH3 is 1. The first kappa shape index (κ1) is 19.1. The molecular formula is C21H23FN2O3S. The molecule has 7 heteroatoms. The van der Waals surface area contributed by atoms with Gasteiger partial charge in [0.1, 0.15) is 19.0 Å². The molecule has 148 valence electrons. The molecule has 4 rings (SSSR count). The molecule has 2 aromatic rings. The van der Waals surface area contributed by atoms with Gasteiger partial charge in [-0.25, -0.2) is 4.39 Å². The smallest absolute Gasteiger partial charge is 0.249 e. The van der Waals surface area contributed by atoms with Gasteiger partial charge in [-0.3, -0.25) is 9.59 Å². The Labute approximate surface area is 167 Å². The second-order valence-electron chi connectivity index (χ2n) is 7.28. The van der Waals surface area contributed by atoms with E-state index in [0.717, 1.165) is 30.4 Å². The Morgan fingerprint density at radius 1 is 1.25 bits per heavy atom. The predicted octanol–water partition coefficient (Wildman–Crippen LogP) is 3.00. The van der Waals surface area contributed by atoms with Crippen molar-refractivity contribution in [3.8, 4) is 0 Å². The van der Waals surface area contributed by atoms with E-state index in [9.17, 15) is 14.0 Å². The summed E-state index contributed by atoms with van der Waals surface area (Å²) in [6.45, 7) is 0.634. The van der Waals surface area contributed by atoms with Gasteiger partial charge in [-0.05, 0) is 54.0 Å². The number of hydrogen-bond acceptors (Lipinski definition) is 4. The van der Waals surface area contributed by atoms with Crippen molar-refractivity contribution in [1.29, 1.82) is 0 Å². The Morgan fingerprint density at radius 3 is 2.68 bits per heavy atom. The van der Waals surface area contributed by atoms with Gasteiger partial charge in [-0.15, -0.1) is 11.3 Å². The standard InChI is InChI=1S/C21H23FN2O3S/c1-27-13-20(26)24(16-6-7-16)12-19(25)23-10-8-18-17(9-11-28-18)21(23)14-2-4-15(22)5-3-14/h2-5,9,11,16,21H,6-8,10,12-13H2,1H3/t21-/m1/s1. The average Bonchev–Trinajstić information content (AvgIpc) is 3.42. The number of ether oxygens (including phenoxy) is 1. The van der Waals surface area contributed by atoms with Gasteiger partial charge < -0.3 is 14.5 Å². The minimum Gasteiger partial charge on any atom is -0.375 e. The molecule has 0 radical (unpaired) electrons. The largest absolute Gasteiger partial charge is 0.375 e. The molecule has 2 aliphatic rings. The van der Waals surface area contributed by atoms with E-state index in [1.807, 2.05) is 16.3 Å². The molecule has 5 nitrogen and oxygen atoms in total. The van der Waals surface area contributed by atoms with Crippen LogP contribution in [0.4, 0.5) is 4.39 Å². The number of halogens is 1. The second kappa shape index (κ2) is 8.01. The highest BCUT2D eigenvalue weighted by Gasteiger charge is 2.38. The molecule has 0 spiro atoms. The third-order valence-corrected chi connectivity index (χ3v) is 6.35. The fourth-order valence-electron chi connectivity index (χ4n) is 3.84. The fraction of sp³-hybridized carbons (Fsp3) is 0.429. The molecule has 1 aliphatic carbocycles. The molecule has 28 heavy (non-hydrogen) atoms. The van der Waals surface area contributed by atoms with Gasteiger partial charge in [-0.2, -0.15) is 0 Å². The molecule has 1 aromatic carbocycles. The predicted molar refractivity (Wildman–Crippen MR) is 105 cm³/mol. The van der Waals surface area contributed by atoms with E-state index < -0.39 is 0 Å². The van der Waals surface area contributed by atoms with E-state index in [-0.39, 0.29) is 42.9 Å². The summed E-state index contributed by atoms with van der Waals surface area (Å²) in [5.74, 6) is -0.527. The molecule has 2 amide bonds. The van der Waals surface area contributed by atoms with E-state index in [0.29, 0.717) is 6.54 Å². The van der Waals surface area contributed by atoms with Crippen LogP contribution in [0.2, 0.25) is 0 Å². The highest BCUT2D eigenvalue weighted by Crippen LogP contribution is 2.38. The van der Waals surface area contributed by atoms with Crippen LogP contribution in [0.5, 0.6) is 0 Å². The number of hydrogen-bond donors (Lipinski definition) is 0. The molecule has 2 heterocycles. The quantitative estimate of drug-likeness (QED) is 0.746. The summed E-state index contributed by atoms with van der Waals surface area (Å²) < 4.78 is 18.4. The third kappa shape index (κ3) is 3.82. The van der Waals surface area contributed by atoms with Gasteiger partial charge in [0.15, 0.2) is 0 Å². The van der Waals surface area contributed by atoms with Crippen molar-refractivity contribution in [1.82, 2.24) is 9.80 Å². The molecular weight excluding hydrogens is 379 g/mol. The molecule has 0 saturated heterocycles. The van der Waals surface area contributed by atoms with Crippen LogP contribution in [0.25, 0.3) is 0 Å². The maximum Gasteiger partial charge on any atom is 0.249 e. The molecule has 1 aliphatic heterocycles. The van der Waals surface area contributed by atoms with Gasteiger partial charge in [0.25, 0.3) is 0 Å². The van der Waals surface area contributed by atoms with E-state index in [4.69, 9.17) is 4.74 Å². The van der Waals surface area contributed by atoms with Crippen LogP contribution in [-0.2, 0) is 20.7 Å². The molecule has 1 atom stereocenters. The highest BCUT2D eigenvalue weighted by molar-refractivity contribution is 7.10. The Bertz CT molecular complexity index is 863. The normalized spacial score (nSPS) is 18.6. The van der Waals surface area contributed by atoms with Crippen LogP contribution in [0.1, 0.15) is 34.9 Å². The monoisotopic (exact) mass is 402 g/mol. The van der Waals surface area contributed by atoms with Gasteiger partial charge in [-0.1, -0.05) is 12.1 Å². The van der Waals surface area contributed by atoms with Crippen molar-refractivity contribution in [3.05, 3.63) is 57.5 Å². The minimum atomic E-state index is -0.298. The van der Waals surface area contributed by atoms with E-state index in [1.54, 1.807) is 28.4 Å².